The largest absolute Gasteiger partial charge is 0.484 e. The number of sulfonamides is 1. The van der Waals surface area contributed by atoms with E-state index >= 15 is 0 Å². The molecule has 0 aliphatic heterocycles. The second-order valence-electron chi connectivity index (χ2n) is 7.24. The van der Waals surface area contributed by atoms with Crippen molar-refractivity contribution in [3.05, 3.63) is 24.3 Å². The molecule has 0 aliphatic carbocycles. The topological polar surface area (TPSA) is 93.7 Å². The molecule has 1 aromatic rings. The first kappa shape index (κ1) is 22.4. The Morgan fingerprint density at radius 3 is 2.31 bits per heavy atom. The van der Waals surface area contributed by atoms with Crippen molar-refractivity contribution < 1.29 is 22.7 Å². The number of carbonyl (C=O) groups is 1. The first-order valence-electron chi connectivity index (χ1n) is 8.65. The maximum Gasteiger partial charge on any atom is 0.257 e. The van der Waals surface area contributed by atoms with Gasteiger partial charge in [-0.15, -0.1) is 0 Å². The summed E-state index contributed by atoms with van der Waals surface area (Å²) in [5, 5.41) is 2.74. The van der Waals surface area contributed by atoms with E-state index in [1.54, 1.807) is 20.8 Å². The molecule has 0 radical (unpaired) electrons. The highest BCUT2D eigenvalue weighted by Gasteiger charge is 2.21. The summed E-state index contributed by atoms with van der Waals surface area (Å²) in [6, 6.07) is 5.96. The maximum atomic E-state index is 12.2. The maximum absolute atomic E-state index is 12.2. The molecule has 1 rings (SSSR count). The predicted molar refractivity (Wildman–Crippen MR) is 101 cm³/mol. The van der Waals surface area contributed by atoms with Gasteiger partial charge in [0.1, 0.15) is 5.75 Å². The fourth-order valence-corrected chi connectivity index (χ4v) is 3.41. The van der Waals surface area contributed by atoms with Crippen molar-refractivity contribution in [3.8, 4) is 5.75 Å². The number of amides is 1. The van der Waals surface area contributed by atoms with Gasteiger partial charge in [-0.25, -0.2) is 13.1 Å². The van der Waals surface area contributed by atoms with Gasteiger partial charge in [0.2, 0.25) is 10.0 Å². The monoisotopic (exact) mass is 386 g/mol. The summed E-state index contributed by atoms with van der Waals surface area (Å²) in [5.41, 5.74) is -0.563. The van der Waals surface area contributed by atoms with E-state index < -0.39 is 15.6 Å². The van der Waals surface area contributed by atoms with E-state index in [1.807, 2.05) is 13.8 Å². The van der Waals surface area contributed by atoms with Gasteiger partial charge in [0, 0.05) is 18.7 Å². The van der Waals surface area contributed by atoms with Crippen LogP contribution in [0.4, 0.5) is 0 Å². The molecule has 0 fully saturated rings. The van der Waals surface area contributed by atoms with Gasteiger partial charge in [0.05, 0.1) is 11.0 Å². The lowest BCUT2D eigenvalue weighted by molar-refractivity contribution is -0.123. The number of carbonyl (C=O) groups excluding carboxylic acids is 1. The van der Waals surface area contributed by atoms with Gasteiger partial charge in [-0.05, 0) is 65.3 Å². The Labute approximate surface area is 156 Å². The lowest BCUT2D eigenvalue weighted by Gasteiger charge is -2.20. The molecule has 7 nitrogen and oxygen atoms in total. The molecule has 1 aromatic carbocycles. The second kappa shape index (κ2) is 9.89. The Morgan fingerprint density at radius 1 is 1.15 bits per heavy atom. The smallest absolute Gasteiger partial charge is 0.257 e. The van der Waals surface area contributed by atoms with E-state index in [1.165, 1.54) is 24.3 Å². The third-order valence-corrected chi connectivity index (χ3v) is 4.81. The van der Waals surface area contributed by atoms with Crippen LogP contribution >= 0.6 is 0 Å². The molecular formula is C18H30N2O5S. The zero-order chi connectivity index (χ0) is 19.8. The number of rotatable bonds is 10. The first-order valence-corrected chi connectivity index (χ1v) is 10.1. The van der Waals surface area contributed by atoms with E-state index in [-0.39, 0.29) is 23.5 Å². The number of nitrogens with one attached hydrogen (secondary N) is 2. The fourth-order valence-electron chi connectivity index (χ4n) is 2.00. The summed E-state index contributed by atoms with van der Waals surface area (Å²) in [4.78, 5) is 11.9. The van der Waals surface area contributed by atoms with Crippen molar-refractivity contribution in [2.75, 3.05) is 19.8 Å². The molecule has 0 saturated heterocycles. The molecule has 0 aliphatic rings. The number of ether oxygens (including phenoxy) is 2. The zero-order valence-corrected chi connectivity index (χ0v) is 17.0. The third-order valence-electron chi connectivity index (χ3n) is 3.04. The molecule has 0 bridgehead atoms. The molecular weight excluding hydrogens is 356 g/mol. The van der Waals surface area contributed by atoms with Crippen LogP contribution in [0.25, 0.3) is 0 Å². The summed E-state index contributed by atoms with van der Waals surface area (Å²) < 4.78 is 37.8. The van der Waals surface area contributed by atoms with E-state index in [2.05, 4.69) is 10.0 Å². The normalized spacial score (nSPS) is 12.2. The molecule has 148 valence electrons. The van der Waals surface area contributed by atoms with Crippen LogP contribution in [0.3, 0.4) is 0 Å². The van der Waals surface area contributed by atoms with Crippen molar-refractivity contribution >= 4 is 15.9 Å². The molecule has 26 heavy (non-hydrogen) atoms. The van der Waals surface area contributed by atoms with Crippen LogP contribution < -0.4 is 14.8 Å². The van der Waals surface area contributed by atoms with Crippen molar-refractivity contribution in [1.29, 1.82) is 0 Å². The van der Waals surface area contributed by atoms with Gasteiger partial charge in [-0.3, -0.25) is 4.79 Å². The van der Waals surface area contributed by atoms with Crippen molar-refractivity contribution in [2.45, 2.75) is 57.6 Å². The highest BCUT2D eigenvalue weighted by Crippen LogP contribution is 2.17. The second-order valence-corrected chi connectivity index (χ2v) is 8.92. The van der Waals surface area contributed by atoms with Gasteiger partial charge in [-0.1, -0.05) is 0 Å². The van der Waals surface area contributed by atoms with Crippen molar-refractivity contribution in [3.63, 3.8) is 0 Å². The van der Waals surface area contributed by atoms with Crippen LogP contribution in [0.1, 0.15) is 41.0 Å². The van der Waals surface area contributed by atoms with Gasteiger partial charge < -0.3 is 14.8 Å². The highest BCUT2D eigenvalue weighted by molar-refractivity contribution is 7.89. The summed E-state index contributed by atoms with van der Waals surface area (Å²) in [5.74, 6) is 0.193. The van der Waals surface area contributed by atoms with Crippen molar-refractivity contribution in [2.24, 2.45) is 0 Å². The van der Waals surface area contributed by atoms with Crippen molar-refractivity contribution in [1.82, 2.24) is 10.0 Å². The molecule has 8 heteroatoms. The minimum atomic E-state index is -3.59. The fraction of sp³-hybridized carbons (Fsp3) is 0.611. The molecule has 0 heterocycles. The average molecular weight is 387 g/mol. The standard InChI is InChI=1S/C18H30N2O5S/c1-14(2)24-12-6-11-19-17(21)13-25-15-7-9-16(10-8-15)26(22,23)20-18(3,4)5/h7-10,14,20H,6,11-13H2,1-5H3,(H,19,21). The number of hydrogen-bond acceptors (Lipinski definition) is 5. The summed E-state index contributed by atoms with van der Waals surface area (Å²) in [6.45, 7) is 10.2. The Kier molecular flexibility index (Phi) is 8.52. The van der Waals surface area contributed by atoms with Crippen LogP contribution in [0.5, 0.6) is 5.75 Å². The minimum absolute atomic E-state index is 0.128. The Morgan fingerprint density at radius 2 is 1.77 bits per heavy atom. The lowest BCUT2D eigenvalue weighted by Crippen LogP contribution is -2.40. The summed E-state index contributed by atoms with van der Waals surface area (Å²) in [6.07, 6.45) is 0.913. The molecule has 0 atom stereocenters. The molecule has 0 saturated carbocycles. The first-order chi connectivity index (χ1) is 12.0. The van der Waals surface area contributed by atoms with E-state index in [9.17, 15) is 13.2 Å². The van der Waals surface area contributed by atoms with Crippen LogP contribution in [-0.4, -0.2) is 45.7 Å². The quantitative estimate of drug-likeness (QED) is 0.601. The Hall–Kier alpha value is -1.64. The SMILES string of the molecule is CC(C)OCCCNC(=O)COc1ccc(S(=O)(=O)NC(C)(C)C)cc1. The van der Waals surface area contributed by atoms with Crippen LogP contribution in [0.15, 0.2) is 29.2 Å². The van der Waals surface area contributed by atoms with E-state index in [0.717, 1.165) is 6.42 Å². The van der Waals surface area contributed by atoms with Crippen LogP contribution in [0.2, 0.25) is 0 Å². The zero-order valence-electron chi connectivity index (χ0n) is 16.2. The number of benzene rings is 1. The van der Waals surface area contributed by atoms with Gasteiger partial charge >= 0.3 is 0 Å². The molecule has 0 unspecified atom stereocenters. The number of hydrogen-bond donors (Lipinski definition) is 2. The predicted octanol–water partition coefficient (Wildman–Crippen LogP) is 2.07. The van der Waals surface area contributed by atoms with E-state index in [4.69, 9.17) is 9.47 Å². The van der Waals surface area contributed by atoms with Crippen LogP contribution in [-0.2, 0) is 19.6 Å². The van der Waals surface area contributed by atoms with Crippen LogP contribution in [0, 0.1) is 0 Å². The Balaban J connectivity index is 2.42. The average Bonchev–Trinajstić information content (AvgIpc) is 2.50. The molecule has 0 aromatic heterocycles. The lowest BCUT2D eigenvalue weighted by atomic mass is 10.1. The Bertz CT molecular complexity index is 664. The minimum Gasteiger partial charge on any atom is -0.484 e. The molecule has 1 amide bonds. The van der Waals surface area contributed by atoms with E-state index in [0.29, 0.717) is 18.9 Å². The summed E-state index contributed by atoms with van der Waals surface area (Å²) in [7, 11) is -3.59. The molecule has 0 spiro atoms. The molecule has 2 N–H and O–H groups in total. The van der Waals surface area contributed by atoms with Gasteiger partial charge in [0.25, 0.3) is 5.91 Å². The third kappa shape index (κ3) is 9.17. The highest BCUT2D eigenvalue weighted by atomic mass is 32.2. The van der Waals surface area contributed by atoms with Gasteiger partial charge in [-0.2, -0.15) is 0 Å². The summed E-state index contributed by atoms with van der Waals surface area (Å²) >= 11 is 0. The van der Waals surface area contributed by atoms with Gasteiger partial charge in [0.15, 0.2) is 6.61 Å².